The smallest absolute Gasteiger partial charge is 0.265 e. The van der Waals surface area contributed by atoms with E-state index in [2.05, 4.69) is 20.0 Å². The molecule has 1 amide bonds. The van der Waals surface area contributed by atoms with Crippen molar-refractivity contribution in [2.75, 3.05) is 10.0 Å². The summed E-state index contributed by atoms with van der Waals surface area (Å²) in [5.41, 5.74) is 0.443. The molecule has 0 radical (unpaired) electrons. The molecule has 0 saturated heterocycles. The van der Waals surface area contributed by atoms with Gasteiger partial charge in [-0.3, -0.25) is 4.79 Å². The number of sulfonamides is 1. The van der Waals surface area contributed by atoms with Crippen molar-refractivity contribution in [2.45, 2.75) is 17.9 Å². The first-order valence-corrected chi connectivity index (χ1v) is 11.3. The Hall–Kier alpha value is -3.98. The van der Waals surface area contributed by atoms with Gasteiger partial charge in [0.25, 0.3) is 15.9 Å². The highest BCUT2D eigenvalue weighted by molar-refractivity contribution is 7.92. The van der Waals surface area contributed by atoms with E-state index in [0.29, 0.717) is 11.4 Å². The van der Waals surface area contributed by atoms with Gasteiger partial charge in [-0.1, -0.05) is 36.4 Å². The number of nitrogens with zero attached hydrogens (tertiary/aromatic N) is 2. The van der Waals surface area contributed by atoms with Crippen LogP contribution in [0.5, 0.6) is 5.75 Å². The molecule has 162 valence electrons. The Kier molecular flexibility index (Phi) is 6.00. The minimum absolute atomic E-state index is 0.0167. The van der Waals surface area contributed by atoms with Gasteiger partial charge in [0.05, 0.1) is 4.90 Å². The summed E-state index contributed by atoms with van der Waals surface area (Å²) in [6, 6.07) is 20.8. The fraction of sp³-hybridized carbons (Fsp3) is 0.0870. The summed E-state index contributed by atoms with van der Waals surface area (Å²) in [7, 11) is -3.85. The molecule has 0 bridgehead atoms. The van der Waals surface area contributed by atoms with E-state index in [0.717, 1.165) is 10.8 Å². The molecule has 2 N–H and O–H groups in total. The second kappa shape index (κ2) is 9.03. The van der Waals surface area contributed by atoms with Crippen LogP contribution >= 0.6 is 0 Å². The van der Waals surface area contributed by atoms with Crippen LogP contribution in [0.4, 0.5) is 11.6 Å². The number of hydrogen-bond donors (Lipinski definition) is 2. The van der Waals surface area contributed by atoms with E-state index in [-0.39, 0.29) is 16.8 Å². The number of carbonyl (C=O) groups is 1. The van der Waals surface area contributed by atoms with Crippen LogP contribution in [-0.4, -0.2) is 30.4 Å². The first-order chi connectivity index (χ1) is 15.4. The number of benzene rings is 3. The minimum atomic E-state index is -3.85. The van der Waals surface area contributed by atoms with E-state index < -0.39 is 16.1 Å². The zero-order valence-corrected chi connectivity index (χ0v) is 17.9. The lowest BCUT2D eigenvalue weighted by atomic mass is 10.1. The van der Waals surface area contributed by atoms with E-state index in [1.807, 2.05) is 42.5 Å². The van der Waals surface area contributed by atoms with Gasteiger partial charge in [-0.25, -0.2) is 23.1 Å². The number of rotatable bonds is 7. The van der Waals surface area contributed by atoms with Crippen molar-refractivity contribution >= 4 is 38.3 Å². The number of nitrogens with one attached hydrogen (secondary N) is 2. The minimum Gasteiger partial charge on any atom is -0.480 e. The molecule has 1 unspecified atom stereocenters. The summed E-state index contributed by atoms with van der Waals surface area (Å²) in [5, 5.41) is 4.67. The third-order valence-corrected chi connectivity index (χ3v) is 5.99. The molecule has 0 aliphatic rings. The van der Waals surface area contributed by atoms with Gasteiger partial charge < -0.3 is 10.1 Å². The number of amides is 1. The van der Waals surface area contributed by atoms with Gasteiger partial charge in [-0.15, -0.1) is 0 Å². The van der Waals surface area contributed by atoms with Crippen molar-refractivity contribution in [3.8, 4) is 5.75 Å². The molecule has 0 fully saturated rings. The van der Waals surface area contributed by atoms with Crippen LogP contribution in [0.1, 0.15) is 6.92 Å². The quantitative estimate of drug-likeness (QED) is 0.445. The first kappa shape index (κ1) is 21.3. The largest absolute Gasteiger partial charge is 0.480 e. The van der Waals surface area contributed by atoms with E-state index in [9.17, 15) is 13.2 Å². The Morgan fingerprint density at radius 3 is 2.34 bits per heavy atom. The van der Waals surface area contributed by atoms with Crippen LogP contribution in [0.2, 0.25) is 0 Å². The molecule has 0 saturated carbocycles. The van der Waals surface area contributed by atoms with Crippen LogP contribution in [0, 0.1) is 0 Å². The molecule has 4 rings (SSSR count). The Morgan fingerprint density at radius 1 is 0.906 bits per heavy atom. The van der Waals surface area contributed by atoms with Crippen molar-refractivity contribution in [2.24, 2.45) is 0 Å². The number of ether oxygens (including phenoxy) is 1. The second-order valence-electron chi connectivity index (χ2n) is 6.93. The number of anilines is 2. The van der Waals surface area contributed by atoms with E-state index in [1.54, 1.807) is 13.0 Å². The van der Waals surface area contributed by atoms with Gasteiger partial charge in [0.1, 0.15) is 5.75 Å². The summed E-state index contributed by atoms with van der Waals surface area (Å²) in [5.74, 6) is 0.232. The Morgan fingerprint density at radius 2 is 1.59 bits per heavy atom. The van der Waals surface area contributed by atoms with Crippen molar-refractivity contribution in [3.63, 3.8) is 0 Å². The summed E-state index contributed by atoms with van der Waals surface area (Å²) in [4.78, 5) is 20.3. The highest BCUT2D eigenvalue weighted by atomic mass is 32.2. The molecular formula is C23H20N4O4S. The molecule has 8 nitrogen and oxygen atoms in total. The monoisotopic (exact) mass is 448 g/mol. The van der Waals surface area contributed by atoms with Gasteiger partial charge in [-0.2, -0.15) is 0 Å². The molecule has 1 aromatic heterocycles. The molecule has 9 heteroatoms. The van der Waals surface area contributed by atoms with Crippen LogP contribution in [0.15, 0.2) is 90.1 Å². The molecule has 4 aromatic rings. The van der Waals surface area contributed by atoms with Crippen LogP contribution in [-0.2, 0) is 14.8 Å². The Balaban J connectivity index is 1.42. The molecular weight excluding hydrogens is 428 g/mol. The molecule has 0 aliphatic heterocycles. The molecule has 3 aromatic carbocycles. The molecule has 1 heterocycles. The number of carbonyl (C=O) groups excluding carboxylic acids is 1. The standard InChI is InChI=1S/C23H20N4O4S/c1-16(31-21-9-4-7-17-6-2-3-8-20(17)21)22(28)26-18-10-12-19(13-11-18)32(29,30)27-23-24-14-5-15-25-23/h2-16H,1H3,(H,26,28)(H,24,25,27). The maximum absolute atomic E-state index is 12.6. The third kappa shape index (κ3) is 4.84. The fourth-order valence-electron chi connectivity index (χ4n) is 3.03. The van der Waals surface area contributed by atoms with E-state index >= 15 is 0 Å². The molecule has 32 heavy (non-hydrogen) atoms. The predicted molar refractivity (Wildman–Crippen MR) is 122 cm³/mol. The summed E-state index contributed by atoms with van der Waals surface area (Å²) in [6.45, 7) is 1.65. The normalized spacial score (nSPS) is 12.2. The van der Waals surface area contributed by atoms with Crippen LogP contribution in [0.3, 0.4) is 0 Å². The maximum atomic E-state index is 12.6. The lowest BCUT2D eigenvalue weighted by Gasteiger charge is -2.16. The summed E-state index contributed by atoms with van der Waals surface area (Å²) >= 11 is 0. The van der Waals surface area contributed by atoms with E-state index in [4.69, 9.17) is 4.74 Å². The molecule has 0 aliphatic carbocycles. The third-order valence-electron chi connectivity index (χ3n) is 4.65. The lowest BCUT2D eigenvalue weighted by Crippen LogP contribution is -2.30. The number of hydrogen-bond acceptors (Lipinski definition) is 6. The van der Waals surface area contributed by atoms with Gasteiger partial charge in [0.15, 0.2) is 6.10 Å². The van der Waals surface area contributed by atoms with Crippen molar-refractivity contribution in [1.82, 2.24) is 9.97 Å². The zero-order valence-electron chi connectivity index (χ0n) is 17.1. The maximum Gasteiger partial charge on any atom is 0.265 e. The molecule has 1 atom stereocenters. The SMILES string of the molecule is CC(Oc1cccc2ccccc12)C(=O)Nc1ccc(S(=O)(=O)Nc2ncccn2)cc1. The van der Waals surface area contributed by atoms with Gasteiger partial charge >= 0.3 is 0 Å². The topological polar surface area (TPSA) is 110 Å². The average Bonchev–Trinajstić information content (AvgIpc) is 2.80. The van der Waals surface area contributed by atoms with Crippen LogP contribution < -0.4 is 14.8 Å². The highest BCUT2D eigenvalue weighted by Gasteiger charge is 2.18. The summed E-state index contributed by atoms with van der Waals surface area (Å²) < 4.78 is 33.1. The highest BCUT2D eigenvalue weighted by Crippen LogP contribution is 2.26. The Bertz CT molecular complexity index is 1340. The molecule has 0 spiro atoms. The number of aromatic nitrogens is 2. The van der Waals surface area contributed by atoms with Crippen LogP contribution in [0.25, 0.3) is 10.8 Å². The van der Waals surface area contributed by atoms with E-state index in [1.165, 1.54) is 36.7 Å². The van der Waals surface area contributed by atoms with Crippen molar-refractivity contribution < 1.29 is 17.9 Å². The average molecular weight is 449 g/mol. The van der Waals surface area contributed by atoms with Gasteiger partial charge in [0.2, 0.25) is 5.95 Å². The fourth-order valence-corrected chi connectivity index (χ4v) is 3.99. The lowest BCUT2D eigenvalue weighted by molar-refractivity contribution is -0.122. The van der Waals surface area contributed by atoms with Gasteiger partial charge in [0, 0.05) is 23.5 Å². The summed E-state index contributed by atoms with van der Waals surface area (Å²) in [6.07, 6.45) is 2.11. The van der Waals surface area contributed by atoms with Crippen molar-refractivity contribution in [1.29, 1.82) is 0 Å². The Labute approximate surface area is 185 Å². The van der Waals surface area contributed by atoms with Crippen molar-refractivity contribution in [3.05, 3.63) is 85.2 Å². The first-order valence-electron chi connectivity index (χ1n) is 9.77. The predicted octanol–water partition coefficient (Wildman–Crippen LogP) is 3.84. The van der Waals surface area contributed by atoms with Gasteiger partial charge in [-0.05, 0) is 48.7 Å². The number of fused-ring (bicyclic) bond motifs is 1. The zero-order chi connectivity index (χ0) is 22.6. The second-order valence-corrected chi connectivity index (χ2v) is 8.61.